The number of carbonyl (C=O) groups is 1. The molecule has 3 atom stereocenters. The van der Waals surface area contributed by atoms with Gasteiger partial charge in [0.25, 0.3) is 0 Å². The van der Waals surface area contributed by atoms with Crippen LogP contribution in [0.1, 0.15) is 25.3 Å². The van der Waals surface area contributed by atoms with Gasteiger partial charge in [0.2, 0.25) is 0 Å². The Bertz CT molecular complexity index is 542. The van der Waals surface area contributed by atoms with Crippen molar-refractivity contribution < 1.29 is 19.4 Å². The van der Waals surface area contributed by atoms with Crippen LogP contribution in [0, 0.1) is 11.7 Å². The van der Waals surface area contributed by atoms with Crippen molar-refractivity contribution in [3.05, 3.63) is 35.7 Å². The van der Waals surface area contributed by atoms with E-state index >= 15 is 0 Å². The van der Waals surface area contributed by atoms with Gasteiger partial charge >= 0.3 is 5.97 Å². The summed E-state index contributed by atoms with van der Waals surface area (Å²) in [5.41, 5.74) is 0.885. The van der Waals surface area contributed by atoms with E-state index < -0.39 is 23.6 Å². The predicted molar refractivity (Wildman–Crippen MR) is 69.8 cm³/mol. The van der Waals surface area contributed by atoms with E-state index in [0.29, 0.717) is 11.3 Å². The molecule has 1 aliphatic rings. The van der Waals surface area contributed by atoms with Crippen molar-refractivity contribution in [2.24, 2.45) is 5.92 Å². The Balaban J connectivity index is 2.59. The molecule has 0 amide bonds. The molecule has 4 nitrogen and oxygen atoms in total. The van der Waals surface area contributed by atoms with Gasteiger partial charge in [-0.2, -0.15) is 0 Å². The minimum Gasteiger partial charge on any atom is -0.505 e. The van der Waals surface area contributed by atoms with Crippen LogP contribution in [0.4, 0.5) is 10.1 Å². The quantitative estimate of drug-likeness (QED) is 0.719. The number of carboxylic acids is 1. The van der Waals surface area contributed by atoms with Crippen molar-refractivity contribution in [2.75, 3.05) is 5.32 Å². The van der Waals surface area contributed by atoms with Crippen molar-refractivity contribution in [2.45, 2.75) is 25.8 Å². The number of nitrogens with one attached hydrogen (secondary N) is 1. The van der Waals surface area contributed by atoms with Crippen LogP contribution < -0.4 is 5.32 Å². The molecule has 1 aromatic carbocycles. The van der Waals surface area contributed by atoms with Crippen LogP contribution >= 0.6 is 0 Å². The summed E-state index contributed by atoms with van der Waals surface area (Å²) in [4.78, 5) is 11.3. The first-order valence-electron chi connectivity index (χ1n) is 6.11. The van der Waals surface area contributed by atoms with Gasteiger partial charge in [-0.05, 0) is 25.0 Å². The first-order valence-corrected chi connectivity index (χ1v) is 6.11. The maximum absolute atomic E-state index is 13.5. The molecule has 0 fully saturated rings. The summed E-state index contributed by atoms with van der Waals surface area (Å²) in [6.07, 6.45) is 3.57. The molecular formula is C14H16FNO3. The van der Waals surface area contributed by atoms with Crippen LogP contribution in [-0.2, 0) is 4.79 Å². The highest BCUT2D eigenvalue weighted by Crippen LogP contribution is 2.44. The van der Waals surface area contributed by atoms with Gasteiger partial charge in [-0.1, -0.05) is 19.1 Å². The van der Waals surface area contributed by atoms with Gasteiger partial charge in [-0.3, -0.25) is 0 Å². The van der Waals surface area contributed by atoms with Crippen molar-refractivity contribution >= 4 is 11.7 Å². The number of carboxylic acid groups (broad SMARTS) is 1. The zero-order chi connectivity index (χ0) is 14.2. The Morgan fingerprint density at radius 3 is 2.74 bits per heavy atom. The molecule has 1 aliphatic heterocycles. The van der Waals surface area contributed by atoms with E-state index in [2.05, 4.69) is 5.32 Å². The first-order chi connectivity index (χ1) is 8.97. The molecule has 102 valence electrons. The highest BCUT2D eigenvalue weighted by atomic mass is 19.1. The second-order valence-corrected chi connectivity index (χ2v) is 4.73. The Morgan fingerprint density at radius 2 is 2.16 bits per heavy atom. The number of phenolic OH excluding ortho intramolecular Hbond substituents is 1. The molecule has 5 heteroatoms. The van der Waals surface area contributed by atoms with E-state index in [1.165, 1.54) is 6.07 Å². The lowest BCUT2D eigenvalue weighted by Crippen LogP contribution is -2.41. The Kier molecular flexibility index (Phi) is 3.46. The summed E-state index contributed by atoms with van der Waals surface area (Å²) in [5, 5.41) is 22.0. The second kappa shape index (κ2) is 4.91. The third-order valence-corrected chi connectivity index (χ3v) is 3.57. The maximum atomic E-state index is 13.5. The molecule has 19 heavy (non-hydrogen) atoms. The van der Waals surface area contributed by atoms with Gasteiger partial charge < -0.3 is 15.5 Å². The first kappa shape index (κ1) is 13.4. The number of anilines is 1. The SMILES string of the molecule is C/C=C\C1c2c(ccc(F)c2O)NC(C(=O)O)C1C. The fourth-order valence-electron chi connectivity index (χ4n) is 2.58. The van der Waals surface area contributed by atoms with Crippen LogP contribution in [0.15, 0.2) is 24.3 Å². The number of hydrogen-bond acceptors (Lipinski definition) is 3. The van der Waals surface area contributed by atoms with E-state index in [-0.39, 0.29) is 11.8 Å². The van der Waals surface area contributed by atoms with E-state index in [1.807, 2.05) is 0 Å². The number of aromatic hydroxyl groups is 1. The van der Waals surface area contributed by atoms with E-state index in [9.17, 15) is 19.4 Å². The molecule has 0 saturated heterocycles. The summed E-state index contributed by atoms with van der Waals surface area (Å²) in [6, 6.07) is 1.82. The maximum Gasteiger partial charge on any atom is 0.326 e. The smallest absolute Gasteiger partial charge is 0.326 e. The predicted octanol–water partition coefficient (Wildman–Crippen LogP) is 2.71. The summed E-state index contributed by atoms with van der Waals surface area (Å²) in [6.45, 7) is 3.57. The third kappa shape index (κ3) is 2.16. The molecular weight excluding hydrogens is 249 g/mol. The summed E-state index contributed by atoms with van der Waals surface area (Å²) >= 11 is 0. The van der Waals surface area contributed by atoms with Gasteiger partial charge in [0, 0.05) is 17.2 Å². The normalized spacial score (nSPS) is 25.9. The number of halogens is 1. The minimum atomic E-state index is -0.962. The number of phenols is 1. The molecule has 3 N–H and O–H groups in total. The topological polar surface area (TPSA) is 69.6 Å². The standard InChI is InChI=1S/C14H16FNO3/c1-3-4-8-7(2)12(14(18)19)16-10-6-5-9(15)13(17)11(8)10/h3-8,12,16-17H,1-2H3,(H,18,19)/b4-3-. The highest BCUT2D eigenvalue weighted by Gasteiger charge is 2.38. The molecule has 0 spiro atoms. The van der Waals surface area contributed by atoms with Crippen molar-refractivity contribution in [3.8, 4) is 5.75 Å². The molecule has 0 radical (unpaired) electrons. The van der Waals surface area contributed by atoms with Crippen molar-refractivity contribution in [1.29, 1.82) is 0 Å². The second-order valence-electron chi connectivity index (χ2n) is 4.73. The zero-order valence-corrected chi connectivity index (χ0v) is 10.7. The molecule has 0 aromatic heterocycles. The largest absolute Gasteiger partial charge is 0.505 e. The molecule has 0 bridgehead atoms. The molecule has 1 heterocycles. The number of hydrogen-bond donors (Lipinski definition) is 3. The average Bonchev–Trinajstić information content (AvgIpc) is 2.36. The number of aliphatic carboxylic acids is 1. The van der Waals surface area contributed by atoms with E-state index in [0.717, 1.165) is 6.07 Å². The molecule has 0 aliphatic carbocycles. The van der Waals surface area contributed by atoms with Gasteiger partial charge in [-0.25, -0.2) is 9.18 Å². The number of fused-ring (bicyclic) bond motifs is 1. The third-order valence-electron chi connectivity index (χ3n) is 3.57. The van der Waals surface area contributed by atoms with Gasteiger partial charge in [0.1, 0.15) is 6.04 Å². The fourth-order valence-corrected chi connectivity index (χ4v) is 2.58. The molecule has 0 saturated carbocycles. The lowest BCUT2D eigenvalue weighted by Gasteiger charge is -2.35. The fraction of sp³-hybridized carbons (Fsp3) is 0.357. The van der Waals surface area contributed by atoms with Crippen molar-refractivity contribution in [1.82, 2.24) is 0 Å². The Morgan fingerprint density at radius 1 is 1.47 bits per heavy atom. The number of rotatable bonds is 2. The van der Waals surface area contributed by atoms with Crippen molar-refractivity contribution in [3.63, 3.8) is 0 Å². The monoisotopic (exact) mass is 265 g/mol. The molecule has 2 rings (SSSR count). The summed E-state index contributed by atoms with van der Waals surface area (Å²) in [7, 11) is 0. The van der Waals surface area contributed by atoms with E-state index in [4.69, 9.17) is 0 Å². The van der Waals surface area contributed by atoms with E-state index in [1.54, 1.807) is 26.0 Å². The molecule has 3 unspecified atom stereocenters. The Hall–Kier alpha value is -2.04. The van der Waals surface area contributed by atoms with Crippen LogP contribution in [0.5, 0.6) is 5.75 Å². The summed E-state index contributed by atoms with van der Waals surface area (Å²) in [5.74, 6) is -2.71. The lowest BCUT2D eigenvalue weighted by molar-refractivity contribution is -0.139. The highest BCUT2D eigenvalue weighted by molar-refractivity contribution is 5.81. The van der Waals surface area contributed by atoms with Crippen LogP contribution in [0.3, 0.4) is 0 Å². The van der Waals surface area contributed by atoms with Gasteiger partial charge in [0.05, 0.1) is 0 Å². The van der Waals surface area contributed by atoms with Crippen LogP contribution in [0.2, 0.25) is 0 Å². The van der Waals surface area contributed by atoms with Crippen LogP contribution in [0.25, 0.3) is 0 Å². The lowest BCUT2D eigenvalue weighted by atomic mass is 9.77. The molecule has 1 aromatic rings. The van der Waals surface area contributed by atoms with Gasteiger partial charge in [0.15, 0.2) is 11.6 Å². The summed E-state index contributed by atoms with van der Waals surface area (Å²) < 4.78 is 13.5. The zero-order valence-electron chi connectivity index (χ0n) is 10.7. The average molecular weight is 265 g/mol. The number of allylic oxidation sites excluding steroid dienone is 2. The number of benzene rings is 1. The van der Waals surface area contributed by atoms with Crippen LogP contribution in [-0.4, -0.2) is 22.2 Å². The Labute approximate surface area is 110 Å². The minimum absolute atomic E-state index is 0.297. The van der Waals surface area contributed by atoms with Gasteiger partial charge in [-0.15, -0.1) is 0 Å².